The highest BCUT2D eigenvalue weighted by Crippen LogP contribution is 2.26. The van der Waals surface area contributed by atoms with Gasteiger partial charge in [-0.2, -0.15) is 16.9 Å². The molecule has 0 saturated carbocycles. The fraction of sp³-hybridized carbons (Fsp3) is 0.625. The lowest BCUT2D eigenvalue weighted by molar-refractivity contribution is 0.593. The van der Waals surface area contributed by atoms with Crippen molar-refractivity contribution in [2.45, 2.75) is 23.6 Å². The molecule has 4 heteroatoms. The molecule has 1 aliphatic rings. The second kappa shape index (κ2) is 3.75. The number of hydrogen-bond acceptors (Lipinski definition) is 3. The molecule has 66 valence electrons. The summed E-state index contributed by atoms with van der Waals surface area (Å²) < 4.78 is 2.16. The fourth-order valence-electron chi connectivity index (χ4n) is 1.39. The van der Waals surface area contributed by atoms with Crippen LogP contribution in [0.4, 0.5) is 0 Å². The topological polar surface area (TPSA) is 17.8 Å². The minimum atomic E-state index is 1.10. The highest BCUT2D eigenvalue weighted by Gasteiger charge is 2.12. The maximum absolute atomic E-state index is 4.37. The summed E-state index contributed by atoms with van der Waals surface area (Å²) in [6, 6.07) is 0. The summed E-state index contributed by atoms with van der Waals surface area (Å²) in [5, 5.41) is 4.37. The molecule has 0 amide bonds. The second-order valence-corrected chi connectivity index (χ2v) is 4.74. The number of rotatable bonds is 1. The predicted molar refractivity (Wildman–Crippen MR) is 54.8 cm³/mol. The molecule has 0 aromatic carbocycles. The van der Waals surface area contributed by atoms with Gasteiger partial charge in [-0.1, -0.05) is 0 Å². The van der Waals surface area contributed by atoms with E-state index in [1.165, 1.54) is 22.8 Å². The lowest BCUT2D eigenvalue weighted by Crippen LogP contribution is -2.01. The Labute approximate surface area is 81.1 Å². The van der Waals surface area contributed by atoms with Crippen molar-refractivity contribution in [3.05, 3.63) is 11.9 Å². The molecule has 0 aliphatic carbocycles. The lowest BCUT2D eigenvalue weighted by atomic mass is 10.4. The Morgan fingerprint density at radius 1 is 1.67 bits per heavy atom. The Bertz CT molecular complexity index is 270. The lowest BCUT2D eigenvalue weighted by Gasteiger charge is -2.01. The Kier molecular flexibility index (Phi) is 2.66. The van der Waals surface area contributed by atoms with Gasteiger partial charge in [-0.05, 0) is 18.4 Å². The third-order valence-electron chi connectivity index (χ3n) is 2.03. The Balaban J connectivity index is 2.32. The van der Waals surface area contributed by atoms with Crippen LogP contribution in [0.5, 0.6) is 0 Å². The molecular formula is C8H12N2S2. The van der Waals surface area contributed by atoms with Gasteiger partial charge in [-0.3, -0.25) is 4.68 Å². The normalized spacial score (nSPS) is 17.1. The summed E-state index contributed by atoms with van der Waals surface area (Å²) in [6.45, 7) is 1.10. The first-order chi connectivity index (χ1) is 5.92. The Morgan fingerprint density at radius 3 is 3.42 bits per heavy atom. The maximum atomic E-state index is 4.37. The van der Waals surface area contributed by atoms with E-state index in [4.69, 9.17) is 0 Å². The largest absolute Gasteiger partial charge is 0.268 e. The average Bonchev–Trinajstić information content (AvgIpc) is 2.33. The van der Waals surface area contributed by atoms with Gasteiger partial charge < -0.3 is 0 Å². The number of aryl methyl sites for hydroxylation is 1. The SMILES string of the molecule is CSc1cnn2c1CSCCC2. The van der Waals surface area contributed by atoms with Crippen LogP contribution in [-0.4, -0.2) is 21.8 Å². The first kappa shape index (κ1) is 8.51. The van der Waals surface area contributed by atoms with Crippen LogP contribution in [0, 0.1) is 0 Å². The zero-order valence-corrected chi connectivity index (χ0v) is 8.75. The van der Waals surface area contributed by atoms with E-state index < -0.39 is 0 Å². The van der Waals surface area contributed by atoms with Gasteiger partial charge in [-0.15, -0.1) is 11.8 Å². The van der Waals surface area contributed by atoms with Crippen LogP contribution in [0.25, 0.3) is 0 Å². The third kappa shape index (κ3) is 1.50. The van der Waals surface area contributed by atoms with Crippen molar-refractivity contribution >= 4 is 23.5 Å². The molecule has 0 unspecified atom stereocenters. The van der Waals surface area contributed by atoms with E-state index in [1.54, 1.807) is 11.8 Å². The second-order valence-electron chi connectivity index (χ2n) is 2.79. The monoisotopic (exact) mass is 200 g/mol. The molecule has 2 nitrogen and oxygen atoms in total. The van der Waals surface area contributed by atoms with E-state index in [2.05, 4.69) is 16.0 Å². The zero-order valence-electron chi connectivity index (χ0n) is 7.12. The summed E-state index contributed by atoms with van der Waals surface area (Å²) in [5.74, 6) is 2.41. The van der Waals surface area contributed by atoms with Crippen molar-refractivity contribution < 1.29 is 0 Å². The van der Waals surface area contributed by atoms with E-state index in [1.807, 2.05) is 18.0 Å². The molecule has 0 atom stereocenters. The fourth-order valence-corrected chi connectivity index (χ4v) is 3.02. The van der Waals surface area contributed by atoms with Crippen molar-refractivity contribution in [2.75, 3.05) is 12.0 Å². The van der Waals surface area contributed by atoms with Gasteiger partial charge in [0, 0.05) is 17.2 Å². The molecule has 0 spiro atoms. The van der Waals surface area contributed by atoms with Gasteiger partial charge in [-0.25, -0.2) is 0 Å². The molecule has 0 fully saturated rings. The highest BCUT2D eigenvalue weighted by atomic mass is 32.2. The van der Waals surface area contributed by atoms with Gasteiger partial charge in [0.15, 0.2) is 0 Å². The number of thioether (sulfide) groups is 2. The van der Waals surface area contributed by atoms with Crippen LogP contribution in [0.2, 0.25) is 0 Å². The molecular weight excluding hydrogens is 188 g/mol. The quantitative estimate of drug-likeness (QED) is 0.648. The minimum Gasteiger partial charge on any atom is -0.268 e. The van der Waals surface area contributed by atoms with Gasteiger partial charge in [0.2, 0.25) is 0 Å². The molecule has 0 N–H and O–H groups in total. The summed E-state index contributed by atoms with van der Waals surface area (Å²) in [5.41, 5.74) is 1.42. The van der Waals surface area contributed by atoms with Gasteiger partial charge in [0.1, 0.15) is 0 Å². The van der Waals surface area contributed by atoms with E-state index in [0.717, 1.165) is 12.3 Å². The highest BCUT2D eigenvalue weighted by molar-refractivity contribution is 7.99. The van der Waals surface area contributed by atoms with Crippen molar-refractivity contribution in [3.8, 4) is 0 Å². The van der Waals surface area contributed by atoms with Crippen LogP contribution < -0.4 is 0 Å². The number of aromatic nitrogens is 2. The van der Waals surface area contributed by atoms with E-state index in [0.29, 0.717) is 0 Å². The maximum Gasteiger partial charge on any atom is 0.0629 e. The summed E-state index contributed by atoms with van der Waals surface area (Å²) in [6.07, 6.45) is 5.37. The molecule has 1 aromatic heterocycles. The van der Waals surface area contributed by atoms with Gasteiger partial charge in [0.25, 0.3) is 0 Å². The summed E-state index contributed by atoms with van der Waals surface area (Å²) in [7, 11) is 0. The smallest absolute Gasteiger partial charge is 0.0629 e. The first-order valence-electron chi connectivity index (χ1n) is 4.08. The predicted octanol–water partition coefficient (Wildman–Crippen LogP) is 2.24. The molecule has 1 aliphatic heterocycles. The molecule has 2 heterocycles. The third-order valence-corrected chi connectivity index (χ3v) is 3.86. The number of nitrogens with zero attached hydrogens (tertiary/aromatic N) is 2. The van der Waals surface area contributed by atoms with Crippen LogP contribution in [0.3, 0.4) is 0 Å². The first-order valence-corrected chi connectivity index (χ1v) is 6.46. The average molecular weight is 200 g/mol. The molecule has 0 saturated heterocycles. The summed E-state index contributed by atoms with van der Waals surface area (Å²) >= 11 is 3.82. The Morgan fingerprint density at radius 2 is 2.58 bits per heavy atom. The van der Waals surface area contributed by atoms with Crippen LogP contribution in [0.1, 0.15) is 12.1 Å². The van der Waals surface area contributed by atoms with Crippen molar-refractivity contribution in [2.24, 2.45) is 0 Å². The van der Waals surface area contributed by atoms with Crippen LogP contribution >= 0.6 is 23.5 Å². The van der Waals surface area contributed by atoms with Gasteiger partial charge >= 0.3 is 0 Å². The zero-order chi connectivity index (χ0) is 8.39. The van der Waals surface area contributed by atoms with Crippen molar-refractivity contribution in [1.82, 2.24) is 9.78 Å². The number of fused-ring (bicyclic) bond motifs is 1. The standard InChI is InChI=1S/C8H12N2S2/c1-11-8-5-9-10-3-2-4-12-6-7(8)10/h5H,2-4,6H2,1H3. The van der Waals surface area contributed by atoms with Crippen LogP contribution in [0.15, 0.2) is 11.1 Å². The van der Waals surface area contributed by atoms with E-state index in [-0.39, 0.29) is 0 Å². The molecule has 2 rings (SSSR count). The van der Waals surface area contributed by atoms with Gasteiger partial charge in [0.05, 0.1) is 11.9 Å². The molecule has 0 radical (unpaired) electrons. The van der Waals surface area contributed by atoms with Crippen molar-refractivity contribution in [3.63, 3.8) is 0 Å². The molecule has 0 bridgehead atoms. The van der Waals surface area contributed by atoms with Crippen LogP contribution in [-0.2, 0) is 12.3 Å². The molecule has 12 heavy (non-hydrogen) atoms. The Hall–Kier alpha value is -0.0900. The summed E-state index contributed by atoms with van der Waals surface area (Å²) in [4.78, 5) is 1.35. The minimum absolute atomic E-state index is 1.10. The molecule has 1 aromatic rings. The number of hydrogen-bond donors (Lipinski definition) is 0. The van der Waals surface area contributed by atoms with Crippen molar-refractivity contribution in [1.29, 1.82) is 0 Å². The van der Waals surface area contributed by atoms with E-state index in [9.17, 15) is 0 Å². The van der Waals surface area contributed by atoms with E-state index >= 15 is 0 Å².